The molecule has 1 aromatic rings. The van der Waals surface area contributed by atoms with Crippen molar-refractivity contribution < 1.29 is 14.6 Å². The zero-order chi connectivity index (χ0) is 18.1. The minimum Gasteiger partial charge on any atom is -0.480 e. The maximum absolute atomic E-state index is 12.8. The maximum atomic E-state index is 12.8. The first-order chi connectivity index (χ1) is 12.6. The van der Waals surface area contributed by atoms with E-state index in [-0.39, 0.29) is 11.8 Å². The van der Waals surface area contributed by atoms with Crippen LogP contribution in [0.4, 0.5) is 0 Å². The number of unbranched alkanes of at least 4 members (excludes halogenated alkanes) is 1. The fourth-order valence-electron chi connectivity index (χ4n) is 6.14. The van der Waals surface area contributed by atoms with Gasteiger partial charge in [0.2, 0.25) is 0 Å². The molecular formula is C21H24N2O3. The van der Waals surface area contributed by atoms with Crippen LogP contribution in [-0.2, 0) is 16.6 Å². The summed E-state index contributed by atoms with van der Waals surface area (Å²) < 4.78 is 6.14. The first-order valence-corrected chi connectivity index (χ1v) is 9.79. The van der Waals surface area contributed by atoms with Crippen LogP contribution >= 0.6 is 0 Å². The second kappa shape index (κ2) is 5.31. The molecule has 4 aliphatic rings. The van der Waals surface area contributed by atoms with Crippen LogP contribution in [0.25, 0.3) is 0 Å². The molecule has 2 aliphatic carbocycles. The molecule has 5 heteroatoms. The second-order valence-corrected chi connectivity index (χ2v) is 8.31. The molecule has 26 heavy (non-hydrogen) atoms. The Labute approximate surface area is 153 Å². The Balaban J connectivity index is 1.73. The van der Waals surface area contributed by atoms with E-state index in [2.05, 4.69) is 17.9 Å². The molecule has 0 amide bonds. The summed E-state index contributed by atoms with van der Waals surface area (Å²) in [6.45, 7) is 4.04. The number of aliphatic hydroxyl groups is 1. The van der Waals surface area contributed by atoms with Crippen LogP contribution in [0.15, 0.2) is 12.1 Å². The highest BCUT2D eigenvalue weighted by Crippen LogP contribution is 2.63. The Morgan fingerprint density at radius 1 is 1.42 bits per heavy atom. The minimum atomic E-state index is -0.954. The van der Waals surface area contributed by atoms with E-state index in [1.165, 1.54) is 0 Å². The fraction of sp³-hybridized carbons (Fsp3) is 0.619. The van der Waals surface area contributed by atoms with Gasteiger partial charge in [-0.15, -0.1) is 0 Å². The summed E-state index contributed by atoms with van der Waals surface area (Å²) in [5, 5.41) is 21.5. The number of nitrogens with zero attached hydrogens (tertiary/aromatic N) is 2. The van der Waals surface area contributed by atoms with Crippen molar-refractivity contribution in [1.29, 1.82) is 5.26 Å². The van der Waals surface area contributed by atoms with Gasteiger partial charge in [-0.05, 0) is 50.4 Å². The molecule has 5 nitrogen and oxygen atoms in total. The predicted octanol–water partition coefficient (Wildman–Crippen LogP) is 2.08. The Morgan fingerprint density at radius 3 is 3.04 bits per heavy atom. The third kappa shape index (κ3) is 1.70. The lowest BCUT2D eigenvalue weighted by Gasteiger charge is -2.62. The molecule has 1 aromatic carbocycles. The van der Waals surface area contributed by atoms with Crippen molar-refractivity contribution in [1.82, 2.24) is 4.90 Å². The van der Waals surface area contributed by atoms with Crippen LogP contribution in [0, 0.1) is 11.3 Å². The molecule has 1 saturated carbocycles. The van der Waals surface area contributed by atoms with Gasteiger partial charge >= 0.3 is 0 Å². The zero-order valence-corrected chi connectivity index (χ0v) is 15.1. The first-order valence-electron chi connectivity index (χ1n) is 9.79. The summed E-state index contributed by atoms with van der Waals surface area (Å²) >= 11 is 0. The second-order valence-electron chi connectivity index (χ2n) is 8.31. The SMILES string of the molecule is CCCCN1CC[C@]23c4c5ccc(C#N)c4O[C@H]2C(=O)CC[C@@]3(O)[C@H]1C5. The number of carbonyl (C=O) groups excluding carboxylic acids is 1. The highest BCUT2D eigenvalue weighted by Gasteiger charge is 2.72. The monoisotopic (exact) mass is 352 g/mol. The molecule has 1 N–H and O–H groups in total. The Morgan fingerprint density at radius 2 is 2.27 bits per heavy atom. The molecule has 2 heterocycles. The number of hydrogen-bond acceptors (Lipinski definition) is 5. The topological polar surface area (TPSA) is 73.6 Å². The van der Waals surface area contributed by atoms with Crippen molar-refractivity contribution in [3.8, 4) is 11.8 Å². The Hall–Kier alpha value is -1.90. The third-order valence-corrected chi connectivity index (χ3v) is 7.31. The third-order valence-electron chi connectivity index (χ3n) is 7.31. The van der Waals surface area contributed by atoms with E-state index in [1.54, 1.807) is 0 Å². The Bertz CT molecular complexity index is 844. The molecule has 0 radical (unpaired) electrons. The van der Waals surface area contributed by atoms with Gasteiger partial charge in [-0.1, -0.05) is 19.4 Å². The lowest BCUT2D eigenvalue weighted by atomic mass is 9.49. The van der Waals surface area contributed by atoms with Gasteiger partial charge in [0.1, 0.15) is 11.8 Å². The predicted molar refractivity (Wildman–Crippen MR) is 95.0 cm³/mol. The first kappa shape index (κ1) is 16.3. The standard InChI is InChI=1S/C21H24N2O3/c1-2-3-9-23-10-8-20-17-13-4-5-14(12-22)18(17)26-19(20)15(24)6-7-21(20,25)16(23)11-13/h4-5,16,19,25H,2-3,6-11H2,1H3/t16-,19+,20+,21-/m1/s1. The van der Waals surface area contributed by atoms with Crippen molar-refractivity contribution in [3.05, 3.63) is 28.8 Å². The number of ketones is 1. The number of Topliss-reactive ketones (excluding diaryl/α,β-unsaturated/α-hetero) is 1. The van der Waals surface area contributed by atoms with E-state index in [9.17, 15) is 15.2 Å². The highest BCUT2D eigenvalue weighted by molar-refractivity contribution is 5.90. The molecular weight excluding hydrogens is 328 g/mol. The molecule has 5 rings (SSSR count). The van der Waals surface area contributed by atoms with Crippen molar-refractivity contribution in [2.24, 2.45) is 0 Å². The quantitative estimate of drug-likeness (QED) is 0.902. The maximum Gasteiger partial charge on any atom is 0.174 e. The number of likely N-dealkylation sites (tertiary alicyclic amines) is 1. The minimum absolute atomic E-state index is 0.0217. The van der Waals surface area contributed by atoms with E-state index in [0.717, 1.165) is 49.9 Å². The highest BCUT2D eigenvalue weighted by atomic mass is 16.5. The van der Waals surface area contributed by atoms with E-state index in [1.807, 2.05) is 12.1 Å². The van der Waals surface area contributed by atoms with Gasteiger partial charge in [0, 0.05) is 18.0 Å². The van der Waals surface area contributed by atoms with Crippen molar-refractivity contribution >= 4 is 5.78 Å². The molecule has 136 valence electrons. The molecule has 0 aromatic heterocycles. The summed E-state index contributed by atoms with van der Waals surface area (Å²) in [4.78, 5) is 15.2. The summed E-state index contributed by atoms with van der Waals surface area (Å²) in [6, 6.07) is 6.05. The summed E-state index contributed by atoms with van der Waals surface area (Å²) in [5.74, 6) is 0.632. The lowest BCUT2D eigenvalue weighted by Crippen LogP contribution is -2.76. The molecule has 2 fully saturated rings. The van der Waals surface area contributed by atoms with Crippen molar-refractivity contribution in [2.75, 3.05) is 13.1 Å². The van der Waals surface area contributed by atoms with Crippen molar-refractivity contribution in [3.63, 3.8) is 0 Å². The number of ether oxygens (including phenoxy) is 1. The average molecular weight is 352 g/mol. The van der Waals surface area contributed by atoms with E-state index in [4.69, 9.17) is 4.74 Å². The molecule has 1 spiro atoms. The van der Waals surface area contributed by atoms with Crippen LogP contribution in [0.1, 0.15) is 55.7 Å². The number of hydrogen-bond donors (Lipinski definition) is 1. The van der Waals surface area contributed by atoms with Gasteiger partial charge in [-0.3, -0.25) is 9.69 Å². The van der Waals surface area contributed by atoms with Crippen LogP contribution in [0.5, 0.6) is 5.75 Å². The number of rotatable bonds is 3. The summed E-state index contributed by atoms with van der Waals surface area (Å²) in [6.07, 6.45) is 3.93. The van der Waals surface area contributed by atoms with Gasteiger partial charge in [0.05, 0.1) is 16.6 Å². The van der Waals surface area contributed by atoms with E-state index >= 15 is 0 Å². The Kier molecular flexibility index (Phi) is 3.33. The van der Waals surface area contributed by atoms with Gasteiger partial charge in [-0.2, -0.15) is 5.26 Å². The van der Waals surface area contributed by atoms with Crippen LogP contribution < -0.4 is 4.74 Å². The molecule has 1 saturated heterocycles. The summed E-state index contributed by atoms with van der Waals surface area (Å²) in [7, 11) is 0. The van der Waals surface area contributed by atoms with E-state index in [0.29, 0.717) is 24.2 Å². The lowest BCUT2D eigenvalue weighted by molar-refractivity contribution is -0.188. The average Bonchev–Trinajstić information content (AvgIpc) is 2.99. The largest absolute Gasteiger partial charge is 0.480 e. The number of nitriles is 1. The van der Waals surface area contributed by atoms with Gasteiger partial charge in [0.25, 0.3) is 0 Å². The van der Waals surface area contributed by atoms with Gasteiger partial charge in [-0.25, -0.2) is 0 Å². The molecule has 2 bridgehead atoms. The fourth-order valence-corrected chi connectivity index (χ4v) is 6.14. The van der Waals surface area contributed by atoms with Crippen molar-refractivity contribution in [2.45, 2.75) is 68.6 Å². The van der Waals surface area contributed by atoms with Gasteiger partial charge < -0.3 is 9.84 Å². The number of carbonyl (C=O) groups is 1. The normalized spacial score (nSPS) is 37.0. The van der Waals surface area contributed by atoms with Crippen LogP contribution in [0.3, 0.4) is 0 Å². The zero-order valence-electron chi connectivity index (χ0n) is 15.1. The summed E-state index contributed by atoms with van der Waals surface area (Å²) in [5.41, 5.74) is 0.958. The van der Waals surface area contributed by atoms with Crippen LogP contribution in [-0.4, -0.2) is 46.6 Å². The number of benzene rings is 1. The van der Waals surface area contributed by atoms with Gasteiger partial charge in [0.15, 0.2) is 11.9 Å². The number of piperidine rings is 1. The van der Waals surface area contributed by atoms with E-state index < -0.39 is 17.1 Å². The smallest absolute Gasteiger partial charge is 0.174 e. The molecule has 4 atom stereocenters. The van der Waals surface area contributed by atoms with Crippen LogP contribution in [0.2, 0.25) is 0 Å². The molecule has 0 unspecified atom stereocenters. The molecule has 2 aliphatic heterocycles.